The summed E-state index contributed by atoms with van der Waals surface area (Å²) in [6.45, 7) is 4.31. The number of anilines is 2. The highest BCUT2D eigenvalue weighted by atomic mass is 35.5. The molecule has 0 aliphatic carbocycles. The van der Waals surface area contributed by atoms with Crippen molar-refractivity contribution in [1.29, 1.82) is 0 Å². The average Bonchev–Trinajstić information content (AvgIpc) is 2.82. The number of fused-ring (bicyclic) bond motifs is 1. The van der Waals surface area contributed by atoms with Gasteiger partial charge in [0.25, 0.3) is 5.95 Å². The highest BCUT2D eigenvalue weighted by Crippen LogP contribution is 2.35. The van der Waals surface area contributed by atoms with Crippen LogP contribution in [0.1, 0.15) is 5.56 Å². The summed E-state index contributed by atoms with van der Waals surface area (Å²) in [5.41, 5.74) is 2.37. The molecule has 94 valence electrons. The maximum Gasteiger partial charge on any atom is 0.259 e. The van der Waals surface area contributed by atoms with Crippen molar-refractivity contribution >= 4 is 34.9 Å². The Kier molecular flexibility index (Phi) is 3.03. The quantitative estimate of drug-likeness (QED) is 0.786. The van der Waals surface area contributed by atoms with E-state index < -0.39 is 0 Å². The Balaban J connectivity index is 2.01. The minimum atomic E-state index is 0.370. The van der Waals surface area contributed by atoms with Gasteiger partial charge in [-0.1, -0.05) is 11.6 Å². The zero-order chi connectivity index (χ0) is 13.2. The van der Waals surface area contributed by atoms with E-state index in [9.17, 15) is 0 Å². The number of nitrogens with zero attached hydrogens (tertiary/aromatic N) is 4. The summed E-state index contributed by atoms with van der Waals surface area (Å²) in [6.07, 6.45) is 2.65. The lowest BCUT2D eigenvalue weighted by Gasteiger charge is -2.18. The molecule has 19 heavy (non-hydrogen) atoms. The molecule has 0 radical (unpaired) electrons. The van der Waals surface area contributed by atoms with Gasteiger partial charge in [-0.3, -0.25) is 0 Å². The third-order valence-electron chi connectivity index (χ3n) is 3.02. The van der Waals surface area contributed by atoms with Crippen molar-refractivity contribution in [3.05, 3.63) is 47.6 Å². The van der Waals surface area contributed by atoms with Gasteiger partial charge < -0.3 is 4.90 Å². The second kappa shape index (κ2) is 4.84. The summed E-state index contributed by atoms with van der Waals surface area (Å²) in [6, 6.07) is 7.78. The fourth-order valence-electron chi connectivity index (χ4n) is 2.22. The van der Waals surface area contributed by atoms with Crippen molar-refractivity contribution in [1.82, 2.24) is 9.97 Å². The normalized spacial score (nSPS) is 13.0. The van der Waals surface area contributed by atoms with Crippen LogP contribution in [-0.4, -0.2) is 22.4 Å². The van der Waals surface area contributed by atoms with Crippen LogP contribution in [-0.2, 0) is 6.42 Å². The standard InChI is InChI=1S/C14H11ClN4/c1-2-16-14-17-7-5-13(18-14)19-8-6-10-9-11(15)3-4-12(10)19/h3-5,7,9H,1,6,8H2. The number of aromatic nitrogens is 2. The molecule has 2 aromatic rings. The van der Waals surface area contributed by atoms with Gasteiger partial charge in [0.1, 0.15) is 5.82 Å². The first-order valence-corrected chi connectivity index (χ1v) is 6.27. The number of benzene rings is 1. The summed E-state index contributed by atoms with van der Waals surface area (Å²) in [5.74, 6) is 3.64. The van der Waals surface area contributed by atoms with Crippen LogP contribution in [0.15, 0.2) is 42.0 Å². The molecule has 1 aliphatic heterocycles. The third kappa shape index (κ3) is 2.24. The molecule has 1 aliphatic rings. The van der Waals surface area contributed by atoms with Crippen LogP contribution in [0.5, 0.6) is 0 Å². The Hall–Kier alpha value is -2.16. The first-order valence-electron chi connectivity index (χ1n) is 5.90. The van der Waals surface area contributed by atoms with E-state index in [1.165, 1.54) is 5.56 Å². The molecule has 4 nitrogen and oxygen atoms in total. The third-order valence-corrected chi connectivity index (χ3v) is 3.26. The molecule has 0 amide bonds. The Bertz CT molecular complexity index is 677. The molecule has 1 aromatic carbocycles. The molecule has 0 atom stereocenters. The number of hydrogen-bond donors (Lipinski definition) is 0. The zero-order valence-corrected chi connectivity index (χ0v) is 10.9. The largest absolute Gasteiger partial charge is 0.326 e. The van der Waals surface area contributed by atoms with E-state index in [4.69, 9.17) is 11.6 Å². The molecule has 0 unspecified atom stereocenters. The first kappa shape index (κ1) is 11.9. The minimum Gasteiger partial charge on any atom is -0.326 e. The van der Waals surface area contributed by atoms with Crippen molar-refractivity contribution in [3.8, 4) is 0 Å². The van der Waals surface area contributed by atoms with Crippen LogP contribution in [0.4, 0.5) is 17.5 Å². The molecule has 1 aromatic heterocycles. The van der Waals surface area contributed by atoms with E-state index in [1.54, 1.807) is 6.20 Å². The van der Waals surface area contributed by atoms with E-state index in [0.29, 0.717) is 5.95 Å². The average molecular weight is 271 g/mol. The van der Waals surface area contributed by atoms with Crippen LogP contribution in [0.3, 0.4) is 0 Å². The molecule has 0 saturated heterocycles. The molecular formula is C14H11ClN4. The van der Waals surface area contributed by atoms with Gasteiger partial charge in [-0.15, -0.1) is 0 Å². The lowest BCUT2D eigenvalue weighted by Crippen LogP contribution is -2.14. The summed E-state index contributed by atoms with van der Waals surface area (Å²) in [4.78, 5) is 14.4. The van der Waals surface area contributed by atoms with Crippen molar-refractivity contribution in [2.24, 2.45) is 4.99 Å². The molecule has 5 heteroatoms. The van der Waals surface area contributed by atoms with Gasteiger partial charge in [-0.2, -0.15) is 9.98 Å². The molecule has 2 heterocycles. The predicted octanol–water partition coefficient (Wildman–Crippen LogP) is 3.31. The van der Waals surface area contributed by atoms with Gasteiger partial charge in [0.2, 0.25) is 0 Å². The highest BCUT2D eigenvalue weighted by Gasteiger charge is 2.21. The van der Waals surface area contributed by atoms with E-state index in [1.807, 2.05) is 24.3 Å². The summed E-state index contributed by atoms with van der Waals surface area (Å²) >= 11 is 6.01. The summed E-state index contributed by atoms with van der Waals surface area (Å²) < 4.78 is 0. The molecular weight excluding hydrogens is 260 g/mol. The van der Waals surface area contributed by atoms with Crippen molar-refractivity contribution in [3.63, 3.8) is 0 Å². The van der Waals surface area contributed by atoms with Crippen LogP contribution in [0.2, 0.25) is 5.02 Å². The van der Waals surface area contributed by atoms with Gasteiger partial charge in [-0.05, 0) is 48.7 Å². The Morgan fingerprint density at radius 1 is 1.37 bits per heavy atom. The summed E-state index contributed by atoms with van der Waals surface area (Å²) in [7, 11) is 0. The topological polar surface area (TPSA) is 41.4 Å². The maximum atomic E-state index is 6.01. The van der Waals surface area contributed by atoms with Gasteiger partial charge in [0.05, 0.1) is 0 Å². The van der Waals surface area contributed by atoms with E-state index in [2.05, 4.69) is 32.3 Å². The van der Waals surface area contributed by atoms with Gasteiger partial charge >= 0.3 is 0 Å². The van der Waals surface area contributed by atoms with Crippen LogP contribution in [0.25, 0.3) is 0 Å². The minimum absolute atomic E-state index is 0.370. The molecule has 3 rings (SSSR count). The Labute approximate surface area is 116 Å². The van der Waals surface area contributed by atoms with Crippen molar-refractivity contribution in [2.45, 2.75) is 6.42 Å². The SMILES string of the molecule is C=C=Nc1nccc(N2CCc3cc(Cl)ccc32)n1. The molecule has 0 saturated carbocycles. The van der Waals surface area contributed by atoms with Gasteiger partial charge in [0, 0.05) is 23.5 Å². The zero-order valence-electron chi connectivity index (χ0n) is 10.2. The second-order valence-corrected chi connectivity index (χ2v) is 4.60. The predicted molar refractivity (Wildman–Crippen MR) is 76.9 cm³/mol. The molecule has 0 N–H and O–H groups in total. The Morgan fingerprint density at radius 3 is 3.11 bits per heavy atom. The monoisotopic (exact) mass is 270 g/mol. The summed E-state index contributed by atoms with van der Waals surface area (Å²) in [5, 5.41) is 0.764. The maximum absolute atomic E-state index is 6.01. The molecule has 0 fully saturated rings. The van der Waals surface area contributed by atoms with Crippen LogP contribution >= 0.6 is 11.6 Å². The van der Waals surface area contributed by atoms with Crippen molar-refractivity contribution in [2.75, 3.05) is 11.4 Å². The lowest BCUT2D eigenvalue weighted by molar-refractivity contribution is 0.963. The van der Waals surface area contributed by atoms with Crippen LogP contribution < -0.4 is 4.90 Å². The Morgan fingerprint density at radius 2 is 2.26 bits per heavy atom. The van der Waals surface area contributed by atoms with Crippen molar-refractivity contribution < 1.29 is 0 Å². The molecule has 0 bridgehead atoms. The van der Waals surface area contributed by atoms with Gasteiger partial charge in [0.15, 0.2) is 0 Å². The number of hydrogen-bond acceptors (Lipinski definition) is 4. The number of aliphatic imine (C=N–C) groups is 1. The second-order valence-electron chi connectivity index (χ2n) is 4.16. The van der Waals surface area contributed by atoms with E-state index in [-0.39, 0.29) is 0 Å². The van der Waals surface area contributed by atoms with E-state index in [0.717, 1.165) is 29.5 Å². The van der Waals surface area contributed by atoms with E-state index >= 15 is 0 Å². The lowest BCUT2D eigenvalue weighted by atomic mass is 10.2. The first-order chi connectivity index (χ1) is 9.28. The fourth-order valence-corrected chi connectivity index (χ4v) is 2.42. The molecule has 0 spiro atoms. The van der Waals surface area contributed by atoms with Gasteiger partial charge in [-0.25, -0.2) is 4.98 Å². The number of halogens is 1. The highest BCUT2D eigenvalue weighted by molar-refractivity contribution is 6.30. The fraction of sp³-hybridized carbons (Fsp3) is 0.143. The van der Waals surface area contributed by atoms with Crippen LogP contribution in [0, 0.1) is 0 Å². The smallest absolute Gasteiger partial charge is 0.259 e. The number of rotatable bonds is 2.